The summed E-state index contributed by atoms with van der Waals surface area (Å²) in [5, 5.41) is 15.2. The van der Waals surface area contributed by atoms with Crippen LogP contribution < -0.4 is 29.1 Å². The predicted octanol–water partition coefficient (Wildman–Crippen LogP) is 11.0. The molecule has 2 aliphatic carbocycles. The smallest absolute Gasteiger partial charge is 0.265 e. The number of fused-ring (bicyclic) bond motifs is 2. The van der Waals surface area contributed by atoms with Gasteiger partial charge in [0.05, 0.1) is 36.1 Å². The molecular weight excluding hydrogens is 873 g/mol. The lowest BCUT2D eigenvalue weighted by Gasteiger charge is -2.56. The Kier molecular flexibility index (Phi) is 12.5. The summed E-state index contributed by atoms with van der Waals surface area (Å²) in [6.07, 6.45) is 13.5. The average molecular weight is 941 g/mol. The molecule has 68 heavy (non-hydrogen) atoms. The number of aliphatic hydroxyl groups is 1. The number of hydrogen-bond donors (Lipinski definition) is 4. The van der Waals surface area contributed by atoms with Crippen molar-refractivity contribution in [1.29, 1.82) is 0 Å². The van der Waals surface area contributed by atoms with E-state index in [-0.39, 0.29) is 18.1 Å². The van der Waals surface area contributed by atoms with Crippen molar-refractivity contribution in [3.8, 4) is 23.1 Å². The second kappa shape index (κ2) is 18.8. The van der Waals surface area contributed by atoms with Crippen LogP contribution in [-0.4, -0.2) is 89.1 Å². The van der Waals surface area contributed by atoms with Gasteiger partial charge in [-0.25, -0.2) is 0 Å². The molecule has 1 spiro atoms. The Hall–Kier alpha value is -4.95. The van der Waals surface area contributed by atoms with Crippen LogP contribution in [0.2, 0.25) is 0 Å². The summed E-state index contributed by atoms with van der Waals surface area (Å²) >= 11 is 1.29. The van der Waals surface area contributed by atoms with Gasteiger partial charge in [-0.2, -0.15) is 4.98 Å². The molecule has 6 heterocycles. The normalized spacial score (nSPS) is 25.1. The van der Waals surface area contributed by atoms with Crippen LogP contribution in [0.1, 0.15) is 131 Å². The molecule has 0 bridgehead atoms. The van der Waals surface area contributed by atoms with Gasteiger partial charge in [0.2, 0.25) is 0 Å². The van der Waals surface area contributed by atoms with Gasteiger partial charge in [-0.1, -0.05) is 45.0 Å². The highest BCUT2D eigenvalue weighted by Crippen LogP contribution is 2.54. The van der Waals surface area contributed by atoms with Crippen LogP contribution in [0.3, 0.4) is 0 Å². The number of likely N-dealkylation sites (tertiary alicyclic amines) is 1. The van der Waals surface area contributed by atoms with Gasteiger partial charge in [-0.05, 0) is 166 Å². The third-order valence-corrected chi connectivity index (χ3v) is 17.0. The maximum absolute atomic E-state index is 14.4. The molecule has 5 aromatic rings. The monoisotopic (exact) mass is 940 g/mol. The molecule has 6 aliphatic rings. The lowest BCUT2D eigenvalue weighted by molar-refractivity contribution is -0.0818. The molecule has 360 valence electrons. The molecule has 0 unspecified atom stereocenters. The van der Waals surface area contributed by atoms with Gasteiger partial charge in [0.1, 0.15) is 29.9 Å². The number of H-pyrrole nitrogens is 1. The number of nitrogens with one attached hydrogen (secondary N) is 3. The van der Waals surface area contributed by atoms with Crippen molar-refractivity contribution in [2.75, 3.05) is 49.7 Å². The number of aromatic amines is 1. The van der Waals surface area contributed by atoms with Gasteiger partial charge in [0, 0.05) is 53.4 Å². The number of aromatic nitrogens is 2. The SMILES string of the molecule is CCc1cc(SNC(=O)c2ccc(N3CCC4(CC3)CC(N3CCC[C@H]3c3ccccc3C(C)C)C4)cc2Oc2cc3cc[nH]c3nc2OC2COC2)cc2c1N[C@@H]([C@H]1CC[C@](C)(O)CC1)CO2. The van der Waals surface area contributed by atoms with Crippen LogP contribution in [0.15, 0.2) is 77.8 Å². The third kappa shape index (κ3) is 9.16. The molecule has 1 amide bonds. The number of piperidine rings is 1. The first-order chi connectivity index (χ1) is 33.0. The summed E-state index contributed by atoms with van der Waals surface area (Å²) in [5.74, 6) is 2.77. The quantitative estimate of drug-likeness (QED) is 0.0841. The first kappa shape index (κ1) is 45.5. The summed E-state index contributed by atoms with van der Waals surface area (Å²) in [4.78, 5) is 28.6. The Morgan fingerprint density at radius 1 is 0.971 bits per heavy atom. The van der Waals surface area contributed by atoms with E-state index in [1.807, 2.05) is 43.5 Å². The van der Waals surface area contributed by atoms with Crippen LogP contribution in [0, 0.1) is 11.3 Å². The van der Waals surface area contributed by atoms with Crippen molar-refractivity contribution >= 4 is 40.3 Å². The number of anilines is 2. The van der Waals surface area contributed by atoms with Crippen molar-refractivity contribution in [1.82, 2.24) is 19.6 Å². The van der Waals surface area contributed by atoms with Gasteiger partial charge in [-0.15, -0.1) is 0 Å². The molecule has 12 nitrogen and oxygen atoms in total. The molecule has 11 rings (SSSR count). The van der Waals surface area contributed by atoms with Crippen LogP contribution in [0.4, 0.5) is 11.4 Å². The van der Waals surface area contributed by atoms with Crippen molar-refractivity contribution in [3.05, 3.63) is 95.2 Å². The lowest BCUT2D eigenvalue weighted by Crippen LogP contribution is -2.54. The largest absolute Gasteiger partial charge is 0.489 e. The van der Waals surface area contributed by atoms with Crippen LogP contribution in [0.5, 0.6) is 23.1 Å². The minimum atomic E-state index is -0.572. The zero-order valence-electron chi connectivity index (χ0n) is 40.2. The predicted molar refractivity (Wildman–Crippen MR) is 269 cm³/mol. The van der Waals surface area contributed by atoms with Gasteiger partial charge in [-0.3, -0.25) is 14.4 Å². The van der Waals surface area contributed by atoms with Crippen molar-refractivity contribution in [2.24, 2.45) is 11.3 Å². The maximum Gasteiger partial charge on any atom is 0.265 e. The number of aryl methyl sites for hydroxylation is 1. The second-order valence-corrected chi connectivity index (χ2v) is 22.1. The van der Waals surface area contributed by atoms with E-state index in [0.29, 0.717) is 77.7 Å². The molecule has 2 aromatic heterocycles. The Bertz CT molecular complexity index is 2600. The number of ether oxygens (including phenoxy) is 4. The highest BCUT2D eigenvalue weighted by molar-refractivity contribution is 7.98. The van der Waals surface area contributed by atoms with E-state index in [4.69, 9.17) is 23.9 Å². The fraction of sp³-hybridized carbons (Fsp3) is 0.527. The van der Waals surface area contributed by atoms with Crippen molar-refractivity contribution in [3.63, 3.8) is 0 Å². The minimum absolute atomic E-state index is 0.124. The van der Waals surface area contributed by atoms with Crippen molar-refractivity contribution in [2.45, 2.75) is 139 Å². The number of hydrogen-bond acceptors (Lipinski definition) is 11. The Balaban J connectivity index is 0.803. The number of benzene rings is 3. The Morgan fingerprint density at radius 3 is 2.54 bits per heavy atom. The standard InChI is InChI=1S/C55H68N6O6S/c1-5-35-25-41(28-48-50(35)57-45(33-65-48)36-14-17-54(4,63)18-15-36)68-59-52(62)44-13-12-38(27-47(44)67-49-26-37-16-21-56-51(37)58-53(49)66-40-31-64-32-40)60-23-19-55(20-24-60)29-39(30-55)61-22-8-11-46(61)43-10-7-6-9-42(43)34(2)3/h6-7,9-10,12-13,16,21,25-28,34,36,39-40,45-46,57,63H,5,8,11,14-15,17-20,22-24,29-33H2,1-4H3,(H,56,58)(H,59,62)/t36-,45-,46+,54-/m1/s1. The molecule has 5 fully saturated rings. The zero-order valence-corrected chi connectivity index (χ0v) is 41.0. The summed E-state index contributed by atoms with van der Waals surface area (Å²) in [6, 6.07) is 24.6. The van der Waals surface area contributed by atoms with Gasteiger partial charge < -0.3 is 39.3 Å². The second-order valence-electron chi connectivity index (χ2n) is 21.2. The maximum atomic E-state index is 14.4. The van der Waals surface area contributed by atoms with Gasteiger partial charge in [0.25, 0.3) is 11.8 Å². The first-order valence-electron chi connectivity index (χ1n) is 25.4. The summed E-state index contributed by atoms with van der Waals surface area (Å²) < 4.78 is 28.1. The minimum Gasteiger partial charge on any atom is -0.489 e. The molecule has 2 atom stereocenters. The third-order valence-electron chi connectivity index (χ3n) is 16.3. The van der Waals surface area contributed by atoms with Gasteiger partial charge >= 0.3 is 0 Å². The van der Waals surface area contributed by atoms with E-state index < -0.39 is 5.60 Å². The van der Waals surface area contributed by atoms with Gasteiger partial charge in [0.15, 0.2) is 5.75 Å². The van der Waals surface area contributed by atoms with E-state index >= 15 is 0 Å². The Labute approximate surface area is 405 Å². The highest BCUT2D eigenvalue weighted by Gasteiger charge is 2.50. The molecule has 2 saturated carbocycles. The number of carbonyl (C=O) groups is 1. The summed E-state index contributed by atoms with van der Waals surface area (Å²) in [7, 11) is 0. The molecule has 4 aliphatic heterocycles. The molecule has 0 radical (unpaired) electrons. The van der Waals surface area contributed by atoms with E-state index in [9.17, 15) is 9.90 Å². The fourth-order valence-corrected chi connectivity index (χ4v) is 12.8. The van der Waals surface area contributed by atoms with E-state index in [1.165, 1.54) is 49.7 Å². The molecule has 3 aromatic carbocycles. The molecule has 3 saturated heterocycles. The first-order valence-corrected chi connectivity index (χ1v) is 26.2. The van der Waals surface area contributed by atoms with E-state index in [2.05, 4.69) is 82.0 Å². The average Bonchev–Trinajstić information content (AvgIpc) is 4.00. The van der Waals surface area contributed by atoms with Crippen LogP contribution in [0.25, 0.3) is 11.0 Å². The summed E-state index contributed by atoms with van der Waals surface area (Å²) in [5.41, 5.74) is 7.19. The van der Waals surface area contributed by atoms with Crippen molar-refractivity contribution < 1.29 is 28.8 Å². The van der Waals surface area contributed by atoms with Crippen LogP contribution >= 0.6 is 11.9 Å². The molecule has 13 heteroatoms. The highest BCUT2D eigenvalue weighted by atomic mass is 32.2. The lowest BCUT2D eigenvalue weighted by atomic mass is 9.59. The van der Waals surface area contributed by atoms with Crippen LogP contribution in [-0.2, 0) is 11.2 Å². The fourth-order valence-electron chi connectivity index (χ4n) is 12.1. The summed E-state index contributed by atoms with van der Waals surface area (Å²) in [6.45, 7) is 13.4. The number of amides is 1. The zero-order chi connectivity index (χ0) is 46.6. The molecular formula is C55H68N6O6S. The number of pyridine rings is 1. The number of rotatable bonds is 13. The Morgan fingerprint density at radius 2 is 1.78 bits per heavy atom. The number of carbonyl (C=O) groups excluding carboxylic acids is 1. The number of nitrogens with zero attached hydrogens (tertiary/aromatic N) is 3. The van der Waals surface area contributed by atoms with E-state index in [1.54, 1.807) is 5.56 Å². The topological polar surface area (TPSA) is 133 Å². The molecule has 4 N–H and O–H groups in total. The van der Waals surface area contributed by atoms with E-state index in [0.717, 1.165) is 91.0 Å².